The number of likely N-dealkylation sites (tertiary alicyclic amines) is 1. The van der Waals surface area contributed by atoms with Gasteiger partial charge < -0.3 is 15.5 Å². The van der Waals surface area contributed by atoms with Crippen LogP contribution in [0.3, 0.4) is 0 Å². The first-order chi connectivity index (χ1) is 13.8. The number of carbonyl (C=O) groups is 1. The van der Waals surface area contributed by atoms with Crippen LogP contribution in [-0.4, -0.2) is 40.8 Å². The second kappa shape index (κ2) is 7.17. The number of nitrogens with one attached hydrogen (secondary N) is 2. The number of rotatable bonds is 1. The predicted molar refractivity (Wildman–Crippen MR) is 115 cm³/mol. The maximum absolute atomic E-state index is 14.2. The molecule has 0 bridgehead atoms. The van der Waals surface area contributed by atoms with Crippen molar-refractivity contribution in [2.75, 3.05) is 23.7 Å². The molecule has 2 aromatic carbocycles. The van der Waals surface area contributed by atoms with Crippen molar-refractivity contribution in [2.45, 2.75) is 44.7 Å². The molecule has 6 heteroatoms. The highest BCUT2D eigenvalue weighted by Crippen LogP contribution is 2.37. The summed E-state index contributed by atoms with van der Waals surface area (Å²) in [4.78, 5) is 19.8. The van der Waals surface area contributed by atoms with Crippen molar-refractivity contribution >= 4 is 23.1 Å². The number of amidine groups is 1. The highest BCUT2D eigenvalue weighted by atomic mass is 19.1. The molecule has 4 rings (SSSR count). The molecule has 2 aromatic rings. The average molecular weight is 394 g/mol. The van der Waals surface area contributed by atoms with Crippen molar-refractivity contribution in [3.05, 3.63) is 59.9 Å². The lowest BCUT2D eigenvalue weighted by molar-refractivity contribution is 0.0689. The van der Waals surface area contributed by atoms with E-state index < -0.39 is 11.4 Å². The maximum atomic E-state index is 14.2. The molecular weight excluding hydrogens is 367 g/mol. The number of carbonyl (C=O) groups excluding carboxylic acids is 1. The van der Waals surface area contributed by atoms with Crippen molar-refractivity contribution in [1.29, 1.82) is 0 Å². The number of nitrogens with zero attached hydrogens (tertiary/aromatic N) is 2. The fraction of sp³-hybridized carbons (Fsp3) is 0.391. The minimum atomic E-state index is -0.527. The number of anilines is 2. The van der Waals surface area contributed by atoms with E-state index >= 15 is 0 Å². The summed E-state index contributed by atoms with van der Waals surface area (Å²) in [5.41, 5.74) is 1.27. The number of benzene rings is 2. The van der Waals surface area contributed by atoms with Gasteiger partial charge in [-0.05, 0) is 57.9 Å². The molecule has 0 unspecified atom stereocenters. The van der Waals surface area contributed by atoms with Gasteiger partial charge >= 0.3 is 0 Å². The Kier molecular flexibility index (Phi) is 4.81. The summed E-state index contributed by atoms with van der Waals surface area (Å²) < 4.78 is 14.2. The minimum absolute atomic E-state index is 0.114. The smallest absolute Gasteiger partial charge is 0.256 e. The van der Waals surface area contributed by atoms with Crippen LogP contribution in [0.25, 0.3) is 0 Å². The van der Waals surface area contributed by atoms with Crippen molar-refractivity contribution in [3.63, 3.8) is 0 Å². The van der Waals surface area contributed by atoms with E-state index in [-0.39, 0.29) is 17.0 Å². The van der Waals surface area contributed by atoms with Gasteiger partial charge in [-0.15, -0.1) is 0 Å². The zero-order valence-electron chi connectivity index (χ0n) is 17.1. The fourth-order valence-corrected chi connectivity index (χ4v) is 4.06. The topological polar surface area (TPSA) is 56.7 Å². The Hall–Kier alpha value is -2.89. The zero-order chi connectivity index (χ0) is 20.6. The first-order valence-electron chi connectivity index (χ1n) is 10.1. The van der Waals surface area contributed by atoms with Crippen LogP contribution in [0.1, 0.15) is 44.0 Å². The largest absolute Gasteiger partial charge is 0.370 e. The van der Waals surface area contributed by atoms with E-state index in [0.29, 0.717) is 13.1 Å². The van der Waals surface area contributed by atoms with Crippen LogP contribution < -0.4 is 10.6 Å². The van der Waals surface area contributed by atoms with Crippen LogP contribution in [0.2, 0.25) is 0 Å². The Bertz CT molecular complexity index is 965. The molecule has 2 N–H and O–H groups in total. The Morgan fingerprint density at radius 1 is 1.10 bits per heavy atom. The van der Waals surface area contributed by atoms with Gasteiger partial charge in [0.1, 0.15) is 17.2 Å². The molecule has 2 aliphatic heterocycles. The quantitative estimate of drug-likeness (QED) is 0.747. The molecule has 2 heterocycles. The van der Waals surface area contributed by atoms with E-state index in [1.165, 1.54) is 6.07 Å². The van der Waals surface area contributed by atoms with Gasteiger partial charge in [-0.25, -0.2) is 4.39 Å². The number of aliphatic imine (C=N–C) groups is 1. The number of hydrogen-bond acceptors (Lipinski definition) is 3. The molecule has 0 aromatic heterocycles. The van der Waals surface area contributed by atoms with Crippen LogP contribution in [0.5, 0.6) is 0 Å². The van der Waals surface area contributed by atoms with Gasteiger partial charge in [0.2, 0.25) is 0 Å². The van der Waals surface area contributed by atoms with E-state index in [2.05, 4.69) is 31.4 Å². The molecule has 1 spiro atoms. The average Bonchev–Trinajstić information content (AvgIpc) is 2.67. The summed E-state index contributed by atoms with van der Waals surface area (Å²) >= 11 is 0. The number of hydrogen-bond donors (Lipinski definition) is 2. The lowest BCUT2D eigenvalue weighted by atomic mass is 9.84. The van der Waals surface area contributed by atoms with E-state index in [4.69, 9.17) is 4.99 Å². The molecule has 0 radical (unpaired) electrons. The highest BCUT2D eigenvalue weighted by Gasteiger charge is 2.45. The summed E-state index contributed by atoms with van der Waals surface area (Å²) in [6, 6.07) is 14.2. The molecule has 1 amide bonds. The van der Waals surface area contributed by atoms with E-state index in [0.717, 1.165) is 30.1 Å². The monoisotopic (exact) mass is 394 g/mol. The Balaban J connectivity index is 1.71. The summed E-state index contributed by atoms with van der Waals surface area (Å²) in [5.74, 6) is 0.0634. The lowest BCUT2D eigenvalue weighted by Crippen LogP contribution is -2.63. The maximum Gasteiger partial charge on any atom is 0.256 e. The number of fused-ring (bicyclic) bond motifs is 1. The van der Waals surface area contributed by atoms with E-state index in [9.17, 15) is 9.18 Å². The van der Waals surface area contributed by atoms with Crippen LogP contribution in [0, 0.1) is 5.82 Å². The molecular formula is C23H27FN4O. The Morgan fingerprint density at radius 2 is 1.79 bits per heavy atom. The molecule has 0 aliphatic carbocycles. The van der Waals surface area contributed by atoms with Crippen molar-refractivity contribution in [3.8, 4) is 0 Å². The van der Waals surface area contributed by atoms with Crippen LogP contribution in [0.4, 0.5) is 15.8 Å². The molecule has 1 saturated heterocycles. The molecule has 5 nitrogen and oxygen atoms in total. The molecule has 0 saturated carbocycles. The summed E-state index contributed by atoms with van der Waals surface area (Å²) in [7, 11) is 0. The Labute approximate surface area is 171 Å². The predicted octanol–water partition coefficient (Wildman–Crippen LogP) is 4.54. The van der Waals surface area contributed by atoms with E-state index in [1.54, 1.807) is 23.1 Å². The van der Waals surface area contributed by atoms with Crippen LogP contribution >= 0.6 is 0 Å². The van der Waals surface area contributed by atoms with Crippen molar-refractivity contribution in [1.82, 2.24) is 4.90 Å². The highest BCUT2D eigenvalue weighted by molar-refractivity contribution is 6.10. The Morgan fingerprint density at radius 3 is 2.52 bits per heavy atom. The van der Waals surface area contributed by atoms with Gasteiger partial charge in [0, 0.05) is 6.54 Å². The van der Waals surface area contributed by atoms with Crippen molar-refractivity contribution < 1.29 is 9.18 Å². The molecule has 2 aliphatic rings. The molecule has 29 heavy (non-hydrogen) atoms. The first kappa shape index (κ1) is 19.4. The SMILES string of the molecule is CC(C)(C)N=C1Nc2ccccc2N[C@@]12CCCN(C(=O)c1ccccc1F)C2. The second-order valence-corrected chi connectivity index (χ2v) is 8.82. The third-order valence-corrected chi connectivity index (χ3v) is 5.34. The van der Waals surface area contributed by atoms with Gasteiger partial charge in [-0.3, -0.25) is 9.79 Å². The third-order valence-electron chi connectivity index (χ3n) is 5.34. The first-order valence-corrected chi connectivity index (χ1v) is 10.1. The van der Waals surface area contributed by atoms with Gasteiger partial charge in [0.25, 0.3) is 5.91 Å². The standard InChI is InChI=1S/C23H27FN4O/c1-22(2,3)27-21-23(26-19-12-7-6-11-18(19)25-21)13-8-14-28(15-23)20(29)16-9-4-5-10-17(16)24/h4-7,9-12,26H,8,13-15H2,1-3H3,(H,25,27)/t23-/m1/s1. The normalized spacial score (nSPS) is 22.8. The van der Waals surface area contributed by atoms with Crippen molar-refractivity contribution in [2.24, 2.45) is 4.99 Å². The number of piperidine rings is 1. The lowest BCUT2D eigenvalue weighted by Gasteiger charge is -2.47. The van der Waals surface area contributed by atoms with Gasteiger partial charge in [0.05, 0.1) is 29.0 Å². The van der Waals surface area contributed by atoms with Crippen LogP contribution in [0.15, 0.2) is 53.5 Å². The molecule has 1 fully saturated rings. The van der Waals surface area contributed by atoms with Crippen LogP contribution in [-0.2, 0) is 0 Å². The van der Waals surface area contributed by atoms with Gasteiger partial charge in [0.15, 0.2) is 0 Å². The minimum Gasteiger partial charge on any atom is -0.370 e. The fourth-order valence-electron chi connectivity index (χ4n) is 4.06. The number of amides is 1. The van der Waals surface area contributed by atoms with Gasteiger partial charge in [-0.2, -0.15) is 0 Å². The van der Waals surface area contributed by atoms with E-state index in [1.807, 2.05) is 24.3 Å². The van der Waals surface area contributed by atoms with Gasteiger partial charge in [-0.1, -0.05) is 24.3 Å². The summed E-state index contributed by atoms with van der Waals surface area (Å²) in [6.07, 6.45) is 1.64. The summed E-state index contributed by atoms with van der Waals surface area (Å²) in [6.45, 7) is 7.19. The zero-order valence-corrected chi connectivity index (χ0v) is 17.1. The molecule has 1 atom stereocenters. The summed E-state index contributed by atoms with van der Waals surface area (Å²) in [5, 5.41) is 7.16. The second-order valence-electron chi connectivity index (χ2n) is 8.82. The third kappa shape index (κ3) is 3.84. The number of para-hydroxylation sites is 2. The molecule has 152 valence electrons. The number of halogens is 1.